The summed E-state index contributed by atoms with van der Waals surface area (Å²) in [7, 11) is 0. The lowest BCUT2D eigenvalue weighted by Crippen LogP contribution is -2.46. The highest BCUT2D eigenvalue weighted by Crippen LogP contribution is 2.27. The van der Waals surface area contributed by atoms with Gasteiger partial charge in [0.15, 0.2) is 5.76 Å². The number of hydrogen-bond acceptors (Lipinski definition) is 4. The highest BCUT2D eigenvalue weighted by Gasteiger charge is 2.32. The number of nitrogens with zero attached hydrogens (tertiary/aromatic N) is 3. The molecule has 1 saturated heterocycles. The molecule has 27 heavy (non-hydrogen) atoms. The molecule has 0 saturated carbocycles. The molecule has 1 fully saturated rings. The Hall–Kier alpha value is -2.63. The maximum absolute atomic E-state index is 13.1. The number of carbonyl (C=O) groups excluding carboxylic acids is 2. The Kier molecular flexibility index (Phi) is 5.94. The van der Waals surface area contributed by atoms with Crippen molar-refractivity contribution in [2.45, 2.75) is 33.6 Å². The summed E-state index contributed by atoms with van der Waals surface area (Å²) < 4.78 is 5.38. The summed E-state index contributed by atoms with van der Waals surface area (Å²) in [5.74, 6) is 0.368. The summed E-state index contributed by atoms with van der Waals surface area (Å²) in [5.41, 5.74) is 2.42. The van der Waals surface area contributed by atoms with Crippen LogP contribution in [0.1, 0.15) is 42.6 Å². The summed E-state index contributed by atoms with van der Waals surface area (Å²) >= 11 is 0. The Morgan fingerprint density at radius 3 is 2.59 bits per heavy atom. The van der Waals surface area contributed by atoms with E-state index < -0.39 is 0 Å². The van der Waals surface area contributed by atoms with Crippen molar-refractivity contribution < 1.29 is 14.1 Å². The Bertz CT molecular complexity index is 793. The van der Waals surface area contributed by atoms with Crippen LogP contribution in [-0.2, 0) is 4.79 Å². The van der Waals surface area contributed by atoms with E-state index in [2.05, 4.69) is 5.16 Å². The van der Waals surface area contributed by atoms with Crippen LogP contribution in [0.4, 0.5) is 0 Å². The fourth-order valence-electron chi connectivity index (χ4n) is 3.63. The third-order valence-electron chi connectivity index (χ3n) is 5.25. The Balaban J connectivity index is 1.77. The van der Waals surface area contributed by atoms with Gasteiger partial charge in [-0.2, -0.15) is 0 Å². The number of benzene rings is 1. The molecular formula is C21H27N3O3. The highest BCUT2D eigenvalue weighted by molar-refractivity contribution is 5.99. The summed E-state index contributed by atoms with van der Waals surface area (Å²) in [6.45, 7) is 8.48. The van der Waals surface area contributed by atoms with Crippen molar-refractivity contribution in [2.24, 2.45) is 5.92 Å². The maximum Gasteiger partial charge on any atom is 0.259 e. The van der Waals surface area contributed by atoms with Gasteiger partial charge in [0.2, 0.25) is 5.91 Å². The Morgan fingerprint density at radius 1 is 1.22 bits per heavy atom. The Labute approximate surface area is 160 Å². The predicted molar refractivity (Wildman–Crippen MR) is 103 cm³/mol. The van der Waals surface area contributed by atoms with Crippen LogP contribution in [0.2, 0.25) is 0 Å². The second-order valence-corrected chi connectivity index (χ2v) is 7.04. The van der Waals surface area contributed by atoms with Gasteiger partial charge in [0.25, 0.3) is 5.91 Å². The molecule has 3 rings (SSSR count). The summed E-state index contributed by atoms with van der Waals surface area (Å²) in [5, 5.41) is 3.85. The molecule has 0 radical (unpaired) electrons. The second kappa shape index (κ2) is 8.37. The van der Waals surface area contributed by atoms with Crippen molar-refractivity contribution in [2.75, 3.05) is 26.2 Å². The molecule has 1 unspecified atom stereocenters. The molecule has 0 spiro atoms. The number of rotatable bonds is 5. The first-order valence-electron chi connectivity index (χ1n) is 9.64. The summed E-state index contributed by atoms with van der Waals surface area (Å²) in [6, 6.07) is 7.81. The molecular weight excluding hydrogens is 342 g/mol. The lowest BCUT2D eigenvalue weighted by molar-refractivity contribution is -0.136. The minimum atomic E-state index is -0.134. The highest BCUT2D eigenvalue weighted by atomic mass is 16.5. The van der Waals surface area contributed by atoms with Crippen LogP contribution in [0.5, 0.6) is 0 Å². The lowest BCUT2D eigenvalue weighted by Gasteiger charge is -2.34. The molecule has 1 aliphatic rings. The minimum absolute atomic E-state index is 0.121. The van der Waals surface area contributed by atoms with Gasteiger partial charge in [0.05, 0.1) is 12.1 Å². The molecule has 1 aromatic carbocycles. The number of amides is 2. The molecule has 6 nitrogen and oxygen atoms in total. The van der Waals surface area contributed by atoms with E-state index in [-0.39, 0.29) is 17.7 Å². The molecule has 2 heterocycles. The molecule has 144 valence electrons. The smallest absolute Gasteiger partial charge is 0.259 e. The number of aromatic nitrogens is 1. The average Bonchev–Trinajstić information content (AvgIpc) is 3.18. The number of aryl methyl sites for hydroxylation is 1. The van der Waals surface area contributed by atoms with Gasteiger partial charge in [-0.1, -0.05) is 35.0 Å². The van der Waals surface area contributed by atoms with Crippen molar-refractivity contribution in [3.8, 4) is 11.3 Å². The third-order valence-corrected chi connectivity index (χ3v) is 5.25. The van der Waals surface area contributed by atoms with Crippen LogP contribution in [0.25, 0.3) is 11.3 Å². The normalized spacial score (nSPS) is 17.0. The average molecular weight is 369 g/mol. The molecule has 0 N–H and O–H groups in total. The van der Waals surface area contributed by atoms with Gasteiger partial charge in [-0.15, -0.1) is 0 Å². The minimum Gasteiger partial charge on any atom is -0.355 e. The molecule has 2 aromatic rings. The number of carbonyl (C=O) groups is 2. The van der Waals surface area contributed by atoms with E-state index in [0.29, 0.717) is 37.5 Å². The van der Waals surface area contributed by atoms with Gasteiger partial charge < -0.3 is 14.3 Å². The Morgan fingerprint density at radius 2 is 1.93 bits per heavy atom. The first-order chi connectivity index (χ1) is 13.0. The van der Waals surface area contributed by atoms with Crippen molar-refractivity contribution >= 4 is 11.8 Å². The molecule has 1 aromatic heterocycles. The molecule has 0 bridgehead atoms. The maximum atomic E-state index is 13.1. The quantitative estimate of drug-likeness (QED) is 0.810. The van der Waals surface area contributed by atoms with Gasteiger partial charge >= 0.3 is 0 Å². The van der Waals surface area contributed by atoms with Crippen LogP contribution in [0, 0.1) is 12.8 Å². The SMILES string of the molecule is CCN(CC)C(=O)C1CCCN(C(=O)c2cnoc2-c2ccc(C)cc2)C1. The molecule has 1 atom stereocenters. The predicted octanol–water partition coefficient (Wildman–Crippen LogP) is 3.37. The molecule has 6 heteroatoms. The number of hydrogen-bond donors (Lipinski definition) is 0. The fourth-order valence-corrected chi connectivity index (χ4v) is 3.63. The van der Waals surface area contributed by atoms with E-state index in [4.69, 9.17) is 4.52 Å². The van der Waals surface area contributed by atoms with Crippen molar-refractivity contribution in [3.05, 3.63) is 41.6 Å². The zero-order chi connectivity index (χ0) is 19.4. The van der Waals surface area contributed by atoms with Crippen LogP contribution in [-0.4, -0.2) is 52.9 Å². The third kappa shape index (κ3) is 4.04. The first-order valence-corrected chi connectivity index (χ1v) is 9.64. The number of likely N-dealkylation sites (tertiary alicyclic amines) is 1. The standard InChI is InChI=1S/C21H27N3O3/c1-4-23(5-2)20(25)17-7-6-12-24(14-17)21(26)18-13-22-27-19(18)16-10-8-15(3)9-11-16/h8-11,13,17H,4-7,12,14H2,1-3H3. The van der Waals surface area contributed by atoms with Crippen LogP contribution >= 0.6 is 0 Å². The van der Waals surface area contributed by atoms with E-state index in [1.165, 1.54) is 6.20 Å². The lowest BCUT2D eigenvalue weighted by atomic mass is 9.95. The zero-order valence-electron chi connectivity index (χ0n) is 16.3. The van der Waals surface area contributed by atoms with Gasteiger partial charge in [0.1, 0.15) is 5.56 Å². The van der Waals surface area contributed by atoms with E-state index in [1.807, 2.05) is 49.9 Å². The van der Waals surface area contributed by atoms with Crippen molar-refractivity contribution in [1.82, 2.24) is 15.0 Å². The topological polar surface area (TPSA) is 66.7 Å². The largest absolute Gasteiger partial charge is 0.355 e. The molecule has 2 amide bonds. The van der Waals surface area contributed by atoms with E-state index in [9.17, 15) is 9.59 Å². The number of piperidine rings is 1. The van der Waals surface area contributed by atoms with Crippen molar-refractivity contribution in [1.29, 1.82) is 0 Å². The molecule has 1 aliphatic heterocycles. The van der Waals surface area contributed by atoms with Gasteiger partial charge in [-0.3, -0.25) is 9.59 Å². The van der Waals surface area contributed by atoms with Gasteiger partial charge in [-0.25, -0.2) is 0 Å². The fraction of sp³-hybridized carbons (Fsp3) is 0.476. The monoisotopic (exact) mass is 369 g/mol. The zero-order valence-corrected chi connectivity index (χ0v) is 16.3. The van der Waals surface area contributed by atoms with Gasteiger partial charge in [-0.05, 0) is 33.6 Å². The van der Waals surface area contributed by atoms with Gasteiger partial charge in [0, 0.05) is 31.7 Å². The van der Waals surface area contributed by atoms with E-state index in [1.54, 1.807) is 4.90 Å². The first kappa shape index (κ1) is 19.1. The van der Waals surface area contributed by atoms with Crippen LogP contribution in [0.15, 0.2) is 35.0 Å². The summed E-state index contributed by atoms with van der Waals surface area (Å²) in [4.78, 5) is 29.4. The second-order valence-electron chi connectivity index (χ2n) is 7.04. The molecule has 0 aliphatic carbocycles. The van der Waals surface area contributed by atoms with Crippen LogP contribution < -0.4 is 0 Å². The summed E-state index contributed by atoms with van der Waals surface area (Å²) in [6.07, 6.45) is 3.13. The van der Waals surface area contributed by atoms with E-state index >= 15 is 0 Å². The van der Waals surface area contributed by atoms with Crippen LogP contribution in [0.3, 0.4) is 0 Å². The van der Waals surface area contributed by atoms with E-state index in [0.717, 1.165) is 24.0 Å². The van der Waals surface area contributed by atoms with Crippen molar-refractivity contribution in [3.63, 3.8) is 0 Å².